The molecule has 3 rings (SSSR count). The number of hydrogen-bond donors (Lipinski definition) is 1. The van der Waals surface area contributed by atoms with Crippen LogP contribution in [0.1, 0.15) is 62.5 Å². The first-order valence-electron chi connectivity index (χ1n) is 8.42. The third kappa shape index (κ3) is 2.73. The third-order valence-corrected chi connectivity index (χ3v) is 5.19. The van der Waals surface area contributed by atoms with Gasteiger partial charge in [0.2, 0.25) is 0 Å². The van der Waals surface area contributed by atoms with E-state index in [4.69, 9.17) is 0 Å². The third-order valence-electron chi connectivity index (χ3n) is 5.19. The highest BCUT2D eigenvalue weighted by atomic mass is 16.2. The molecule has 0 aromatic carbocycles. The van der Waals surface area contributed by atoms with Crippen LogP contribution in [0.4, 0.5) is 0 Å². The molecule has 4 nitrogen and oxygen atoms in total. The molecule has 2 aliphatic rings. The van der Waals surface area contributed by atoms with Gasteiger partial charge in [-0.25, -0.2) is 0 Å². The van der Waals surface area contributed by atoms with Crippen LogP contribution in [0.2, 0.25) is 0 Å². The Labute approximate surface area is 127 Å². The van der Waals surface area contributed by atoms with Crippen molar-refractivity contribution in [2.24, 2.45) is 0 Å². The lowest BCUT2D eigenvalue weighted by Crippen LogP contribution is -2.41. The van der Waals surface area contributed by atoms with Gasteiger partial charge in [-0.3, -0.25) is 4.79 Å². The van der Waals surface area contributed by atoms with Gasteiger partial charge in [0.15, 0.2) is 0 Å². The van der Waals surface area contributed by atoms with Crippen LogP contribution in [-0.2, 0) is 0 Å². The Morgan fingerprint density at radius 1 is 1.29 bits per heavy atom. The highest BCUT2D eigenvalue weighted by Gasteiger charge is 2.35. The van der Waals surface area contributed by atoms with E-state index in [0.29, 0.717) is 18.1 Å². The monoisotopic (exact) mass is 289 g/mol. The zero-order valence-electron chi connectivity index (χ0n) is 13.2. The fourth-order valence-electron chi connectivity index (χ4n) is 3.95. The van der Waals surface area contributed by atoms with Crippen LogP contribution >= 0.6 is 0 Å². The summed E-state index contributed by atoms with van der Waals surface area (Å²) < 4.78 is 2.22. The average molecular weight is 289 g/mol. The number of likely N-dealkylation sites (tertiary alicyclic amines) is 1. The Kier molecular flexibility index (Phi) is 4.34. The Balaban J connectivity index is 1.83. The molecule has 1 aromatic rings. The first kappa shape index (κ1) is 14.6. The smallest absolute Gasteiger partial charge is 0.270 e. The second-order valence-corrected chi connectivity index (χ2v) is 6.48. The molecular formula is C17H27N3O. The van der Waals surface area contributed by atoms with Gasteiger partial charge in [-0.15, -0.1) is 0 Å². The normalized spacial score (nSPS) is 27.2. The SMILES string of the molecule is CCC1CCC(C)N1C(=O)c1cccn1C1CCNCC1. The van der Waals surface area contributed by atoms with Crippen molar-refractivity contribution in [1.29, 1.82) is 0 Å². The van der Waals surface area contributed by atoms with Gasteiger partial charge < -0.3 is 14.8 Å². The zero-order chi connectivity index (χ0) is 14.8. The minimum atomic E-state index is 0.232. The number of piperidine rings is 1. The van der Waals surface area contributed by atoms with Gasteiger partial charge in [0.25, 0.3) is 5.91 Å². The largest absolute Gasteiger partial charge is 0.340 e. The predicted molar refractivity (Wildman–Crippen MR) is 84.5 cm³/mol. The Morgan fingerprint density at radius 2 is 2.05 bits per heavy atom. The molecule has 2 aliphatic heterocycles. The van der Waals surface area contributed by atoms with Crippen molar-refractivity contribution in [2.75, 3.05) is 13.1 Å². The van der Waals surface area contributed by atoms with E-state index in [2.05, 4.69) is 34.8 Å². The van der Waals surface area contributed by atoms with Gasteiger partial charge in [0, 0.05) is 24.3 Å². The molecule has 1 amide bonds. The van der Waals surface area contributed by atoms with Crippen molar-refractivity contribution in [3.63, 3.8) is 0 Å². The van der Waals surface area contributed by atoms with Gasteiger partial charge in [-0.1, -0.05) is 6.92 Å². The van der Waals surface area contributed by atoms with Gasteiger partial charge in [0.1, 0.15) is 5.69 Å². The number of carbonyl (C=O) groups excluding carboxylic acids is 1. The van der Waals surface area contributed by atoms with Crippen molar-refractivity contribution in [2.45, 2.75) is 64.1 Å². The number of amides is 1. The minimum absolute atomic E-state index is 0.232. The van der Waals surface area contributed by atoms with Crippen LogP contribution in [-0.4, -0.2) is 40.5 Å². The molecule has 2 atom stereocenters. The minimum Gasteiger partial charge on any atom is -0.340 e. The summed E-state index contributed by atoms with van der Waals surface area (Å²) in [5.41, 5.74) is 0.883. The molecule has 2 fully saturated rings. The molecule has 21 heavy (non-hydrogen) atoms. The predicted octanol–water partition coefficient (Wildman–Crippen LogP) is 2.82. The summed E-state index contributed by atoms with van der Waals surface area (Å²) in [6.45, 7) is 6.47. The lowest BCUT2D eigenvalue weighted by atomic mass is 10.1. The second kappa shape index (κ2) is 6.22. The fourth-order valence-corrected chi connectivity index (χ4v) is 3.95. The van der Waals surface area contributed by atoms with Crippen molar-refractivity contribution in [3.8, 4) is 0 Å². The Bertz CT molecular complexity index is 490. The number of nitrogens with one attached hydrogen (secondary N) is 1. The number of carbonyl (C=O) groups is 1. The summed E-state index contributed by atoms with van der Waals surface area (Å²) in [6.07, 6.45) is 7.66. The fraction of sp³-hybridized carbons (Fsp3) is 0.706. The molecular weight excluding hydrogens is 262 g/mol. The topological polar surface area (TPSA) is 37.3 Å². The molecule has 2 unspecified atom stereocenters. The van der Waals surface area contributed by atoms with E-state index in [1.165, 1.54) is 0 Å². The Morgan fingerprint density at radius 3 is 2.76 bits per heavy atom. The van der Waals surface area contributed by atoms with Crippen molar-refractivity contribution < 1.29 is 4.79 Å². The highest BCUT2D eigenvalue weighted by Crippen LogP contribution is 2.29. The van der Waals surface area contributed by atoms with Gasteiger partial charge in [0.05, 0.1) is 0 Å². The van der Waals surface area contributed by atoms with Gasteiger partial charge >= 0.3 is 0 Å². The van der Waals surface area contributed by atoms with E-state index < -0.39 is 0 Å². The molecule has 0 spiro atoms. The molecule has 116 valence electrons. The van der Waals surface area contributed by atoms with E-state index in [0.717, 1.165) is 50.9 Å². The highest BCUT2D eigenvalue weighted by molar-refractivity contribution is 5.93. The number of hydrogen-bond acceptors (Lipinski definition) is 2. The van der Waals surface area contributed by atoms with Crippen LogP contribution in [0.25, 0.3) is 0 Å². The van der Waals surface area contributed by atoms with Crippen LogP contribution in [0.15, 0.2) is 18.3 Å². The summed E-state index contributed by atoms with van der Waals surface area (Å²) in [7, 11) is 0. The van der Waals surface area contributed by atoms with E-state index >= 15 is 0 Å². The first-order valence-corrected chi connectivity index (χ1v) is 8.42. The lowest BCUT2D eigenvalue weighted by molar-refractivity contribution is 0.0661. The quantitative estimate of drug-likeness (QED) is 0.929. The van der Waals surface area contributed by atoms with E-state index in [1.54, 1.807) is 0 Å². The standard InChI is InChI=1S/C17H27N3O/c1-3-14-7-6-13(2)20(14)17(21)16-5-4-12-19(16)15-8-10-18-11-9-15/h4-5,12-15,18H,3,6-11H2,1-2H3. The average Bonchev–Trinajstić information content (AvgIpc) is 3.14. The van der Waals surface area contributed by atoms with Crippen molar-refractivity contribution in [3.05, 3.63) is 24.0 Å². The summed E-state index contributed by atoms with van der Waals surface area (Å²) in [6, 6.07) is 5.29. The van der Waals surface area contributed by atoms with E-state index in [-0.39, 0.29) is 5.91 Å². The summed E-state index contributed by atoms with van der Waals surface area (Å²) in [5, 5.41) is 3.40. The van der Waals surface area contributed by atoms with Crippen molar-refractivity contribution >= 4 is 5.91 Å². The molecule has 1 aromatic heterocycles. The van der Waals surface area contributed by atoms with Crippen LogP contribution in [0.3, 0.4) is 0 Å². The molecule has 4 heteroatoms. The number of rotatable bonds is 3. The molecule has 0 aliphatic carbocycles. The second-order valence-electron chi connectivity index (χ2n) is 6.48. The molecule has 0 bridgehead atoms. The van der Waals surface area contributed by atoms with Crippen molar-refractivity contribution in [1.82, 2.24) is 14.8 Å². The molecule has 1 N–H and O–H groups in total. The molecule has 3 heterocycles. The zero-order valence-corrected chi connectivity index (χ0v) is 13.2. The summed E-state index contributed by atoms with van der Waals surface area (Å²) in [4.78, 5) is 15.2. The van der Waals surface area contributed by atoms with Gasteiger partial charge in [-0.2, -0.15) is 0 Å². The van der Waals surface area contributed by atoms with Crippen LogP contribution in [0.5, 0.6) is 0 Å². The number of aromatic nitrogens is 1. The first-order chi connectivity index (χ1) is 10.2. The Hall–Kier alpha value is -1.29. The van der Waals surface area contributed by atoms with E-state index in [1.807, 2.05) is 12.1 Å². The maximum absolute atomic E-state index is 13.0. The van der Waals surface area contributed by atoms with Crippen LogP contribution < -0.4 is 5.32 Å². The molecule has 0 radical (unpaired) electrons. The lowest BCUT2D eigenvalue weighted by Gasteiger charge is -2.31. The van der Waals surface area contributed by atoms with Gasteiger partial charge in [-0.05, 0) is 64.3 Å². The molecule has 2 saturated heterocycles. The van der Waals surface area contributed by atoms with E-state index in [9.17, 15) is 4.79 Å². The maximum Gasteiger partial charge on any atom is 0.270 e. The number of nitrogens with zero attached hydrogens (tertiary/aromatic N) is 2. The molecule has 0 saturated carbocycles. The summed E-state index contributed by atoms with van der Waals surface area (Å²) >= 11 is 0. The maximum atomic E-state index is 13.0. The summed E-state index contributed by atoms with van der Waals surface area (Å²) in [5.74, 6) is 0.232. The van der Waals surface area contributed by atoms with Crippen LogP contribution in [0, 0.1) is 0 Å².